The number of hydrogen-bond donors (Lipinski definition) is 1. The highest BCUT2D eigenvalue weighted by atomic mass is 19.1. The van der Waals surface area contributed by atoms with Crippen LogP contribution in [0.15, 0.2) is 48.5 Å². The molecule has 2 fully saturated rings. The monoisotopic (exact) mass is 436 g/mol. The van der Waals surface area contributed by atoms with E-state index < -0.39 is 0 Å². The van der Waals surface area contributed by atoms with Gasteiger partial charge in [0.1, 0.15) is 5.82 Å². The van der Waals surface area contributed by atoms with E-state index in [0.29, 0.717) is 25.1 Å². The first kappa shape index (κ1) is 22.4. The second kappa shape index (κ2) is 10.7. The van der Waals surface area contributed by atoms with Crippen molar-refractivity contribution in [2.24, 2.45) is 0 Å². The minimum atomic E-state index is -0.247. The summed E-state index contributed by atoms with van der Waals surface area (Å²) in [4.78, 5) is 17.0. The van der Waals surface area contributed by atoms with Crippen LogP contribution in [-0.2, 0) is 22.4 Å². The number of carbonyl (C=O) groups excluding carboxylic acids is 1. The molecule has 2 atom stereocenters. The lowest BCUT2D eigenvalue weighted by Crippen LogP contribution is -2.60. The van der Waals surface area contributed by atoms with E-state index in [1.807, 2.05) is 24.3 Å². The second-order valence-corrected chi connectivity index (χ2v) is 8.62. The molecular formula is C25H29FN4O2. The molecule has 0 saturated carbocycles. The van der Waals surface area contributed by atoms with E-state index in [4.69, 9.17) is 10.00 Å². The number of nitrogens with one attached hydrogen (secondary N) is 1. The molecule has 0 spiro atoms. The fourth-order valence-corrected chi connectivity index (χ4v) is 4.46. The van der Waals surface area contributed by atoms with Crippen molar-refractivity contribution in [2.45, 2.75) is 25.0 Å². The van der Waals surface area contributed by atoms with Crippen LogP contribution in [-0.4, -0.2) is 73.7 Å². The van der Waals surface area contributed by atoms with Crippen molar-refractivity contribution >= 4 is 5.91 Å². The van der Waals surface area contributed by atoms with Gasteiger partial charge in [0.25, 0.3) is 0 Å². The molecule has 2 aromatic rings. The topological polar surface area (TPSA) is 68.6 Å². The maximum absolute atomic E-state index is 13.0. The molecule has 2 saturated heterocycles. The van der Waals surface area contributed by atoms with E-state index >= 15 is 0 Å². The molecule has 2 aliphatic heterocycles. The highest BCUT2D eigenvalue weighted by molar-refractivity contribution is 5.78. The Kier molecular flexibility index (Phi) is 7.48. The van der Waals surface area contributed by atoms with Gasteiger partial charge in [-0.3, -0.25) is 14.6 Å². The van der Waals surface area contributed by atoms with E-state index in [1.54, 1.807) is 12.1 Å². The summed E-state index contributed by atoms with van der Waals surface area (Å²) in [5.41, 5.74) is 2.93. The Labute approximate surface area is 188 Å². The summed E-state index contributed by atoms with van der Waals surface area (Å²) in [7, 11) is 0. The summed E-state index contributed by atoms with van der Waals surface area (Å²) < 4.78 is 19.1. The van der Waals surface area contributed by atoms with Gasteiger partial charge in [-0.05, 0) is 48.2 Å². The lowest BCUT2D eigenvalue weighted by atomic mass is 10.1. The molecule has 4 rings (SSSR count). The molecule has 0 aliphatic carbocycles. The lowest BCUT2D eigenvalue weighted by molar-refractivity contribution is -0.144. The highest BCUT2D eigenvalue weighted by Crippen LogP contribution is 2.19. The fraction of sp³-hybridized carbons (Fsp3) is 0.440. The predicted octanol–water partition coefficient (Wildman–Crippen LogP) is 1.98. The van der Waals surface area contributed by atoms with Crippen LogP contribution in [0.4, 0.5) is 4.39 Å². The number of fused-ring (bicyclic) bond motifs is 2. The van der Waals surface area contributed by atoms with Crippen LogP contribution in [0.1, 0.15) is 16.7 Å². The Bertz CT molecular complexity index is 928. The molecule has 168 valence electrons. The SMILES string of the molecule is N#Cc1ccc(CCN2CC3CN(CC(=O)NCCc4ccc(F)cc4)CC(C2)O3)cc1. The normalized spacial score (nSPS) is 21.1. The Morgan fingerprint density at radius 3 is 2.22 bits per heavy atom. The zero-order valence-electron chi connectivity index (χ0n) is 18.2. The first-order valence-corrected chi connectivity index (χ1v) is 11.2. The van der Waals surface area contributed by atoms with Crippen molar-refractivity contribution in [1.29, 1.82) is 5.26 Å². The average molecular weight is 437 g/mol. The zero-order chi connectivity index (χ0) is 22.3. The molecule has 2 aliphatic rings. The van der Waals surface area contributed by atoms with Crippen molar-refractivity contribution in [1.82, 2.24) is 15.1 Å². The fourth-order valence-electron chi connectivity index (χ4n) is 4.46. The molecule has 2 aromatic carbocycles. The molecule has 7 heteroatoms. The summed E-state index contributed by atoms with van der Waals surface area (Å²) in [5.74, 6) is -0.228. The second-order valence-electron chi connectivity index (χ2n) is 8.62. The third-order valence-corrected chi connectivity index (χ3v) is 6.05. The predicted molar refractivity (Wildman–Crippen MR) is 120 cm³/mol. The summed E-state index contributed by atoms with van der Waals surface area (Å²) in [6.07, 6.45) is 1.88. The number of amides is 1. The number of nitrogens with zero attached hydrogens (tertiary/aromatic N) is 3. The molecule has 0 radical (unpaired) electrons. The zero-order valence-corrected chi connectivity index (χ0v) is 18.2. The van der Waals surface area contributed by atoms with Crippen LogP contribution in [0.5, 0.6) is 0 Å². The van der Waals surface area contributed by atoms with Gasteiger partial charge in [-0.25, -0.2) is 4.39 Å². The Hall–Kier alpha value is -2.79. The van der Waals surface area contributed by atoms with E-state index in [2.05, 4.69) is 21.2 Å². The third kappa shape index (κ3) is 6.36. The van der Waals surface area contributed by atoms with Gasteiger partial charge < -0.3 is 10.1 Å². The summed E-state index contributed by atoms with van der Waals surface area (Å²) in [6, 6.07) is 16.3. The van der Waals surface area contributed by atoms with Crippen LogP contribution in [0.3, 0.4) is 0 Å². The molecule has 1 amide bonds. The van der Waals surface area contributed by atoms with Gasteiger partial charge in [0.15, 0.2) is 0 Å². The van der Waals surface area contributed by atoms with Gasteiger partial charge in [0.2, 0.25) is 5.91 Å². The van der Waals surface area contributed by atoms with Crippen molar-refractivity contribution in [3.8, 4) is 6.07 Å². The maximum Gasteiger partial charge on any atom is 0.234 e. The molecule has 2 unspecified atom stereocenters. The van der Waals surface area contributed by atoms with Crippen molar-refractivity contribution < 1.29 is 13.9 Å². The average Bonchev–Trinajstić information content (AvgIpc) is 2.79. The van der Waals surface area contributed by atoms with Crippen LogP contribution >= 0.6 is 0 Å². The van der Waals surface area contributed by atoms with Crippen molar-refractivity contribution in [2.75, 3.05) is 45.8 Å². The van der Waals surface area contributed by atoms with Crippen LogP contribution in [0, 0.1) is 17.1 Å². The summed E-state index contributed by atoms with van der Waals surface area (Å²) >= 11 is 0. The van der Waals surface area contributed by atoms with Gasteiger partial charge in [0, 0.05) is 39.3 Å². The molecule has 2 heterocycles. The minimum Gasteiger partial charge on any atom is -0.370 e. The largest absolute Gasteiger partial charge is 0.370 e. The van der Waals surface area contributed by atoms with Crippen LogP contribution in [0.2, 0.25) is 0 Å². The standard InChI is InChI=1S/C25H29FN4O2/c26-22-7-5-19(6-8-22)9-11-28-25(31)18-30-16-23-14-29(15-24(17-30)32-23)12-10-20-1-3-21(13-27)4-2-20/h1-8,23-24H,9-12,14-18H2,(H,28,31). The van der Waals surface area contributed by atoms with Gasteiger partial charge in [-0.2, -0.15) is 5.26 Å². The van der Waals surface area contributed by atoms with Gasteiger partial charge in [-0.15, -0.1) is 0 Å². The van der Waals surface area contributed by atoms with Crippen LogP contribution in [0.25, 0.3) is 0 Å². The Balaban J connectivity index is 1.17. The van der Waals surface area contributed by atoms with Crippen LogP contribution < -0.4 is 5.32 Å². The number of carbonyl (C=O) groups is 1. The Morgan fingerprint density at radius 1 is 0.969 bits per heavy atom. The summed E-state index contributed by atoms with van der Waals surface area (Å²) in [5, 5.41) is 11.9. The molecule has 1 N–H and O–H groups in total. The number of morpholine rings is 2. The van der Waals surface area contributed by atoms with E-state index in [1.165, 1.54) is 17.7 Å². The smallest absolute Gasteiger partial charge is 0.234 e. The number of hydrogen-bond acceptors (Lipinski definition) is 5. The maximum atomic E-state index is 13.0. The highest BCUT2D eigenvalue weighted by Gasteiger charge is 2.35. The molecule has 32 heavy (non-hydrogen) atoms. The minimum absolute atomic E-state index is 0.0183. The first-order chi connectivity index (χ1) is 15.6. The first-order valence-electron chi connectivity index (χ1n) is 11.2. The Morgan fingerprint density at radius 2 is 1.56 bits per heavy atom. The van der Waals surface area contributed by atoms with E-state index in [-0.39, 0.29) is 23.9 Å². The third-order valence-electron chi connectivity index (χ3n) is 6.05. The number of rotatable bonds is 8. The number of nitriles is 1. The lowest BCUT2D eigenvalue weighted by Gasteiger charge is -2.45. The number of benzene rings is 2. The quantitative estimate of drug-likeness (QED) is 0.686. The van der Waals surface area contributed by atoms with Gasteiger partial charge in [0.05, 0.1) is 30.4 Å². The van der Waals surface area contributed by atoms with E-state index in [9.17, 15) is 9.18 Å². The number of halogens is 1. The van der Waals surface area contributed by atoms with Gasteiger partial charge in [-0.1, -0.05) is 24.3 Å². The van der Waals surface area contributed by atoms with Crippen molar-refractivity contribution in [3.05, 3.63) is 71.0 Å². The van der Waals surface area contributed by atoms with Crippen molar-refractivity contribution in [3.63, 3.8) is 0 Å². The summed E-state index contributed by atoms with van der Waals surface area (Å²) in [6.45, 7) is 5.15. The molecule has 0 aromatic heterocycles. The molecule has 2 bridgehead atoms. The molecule has 6 nitrogen and oxygen atoms in total. The molecular weight excluding hydrogens is 407 g/mol. The van der Waals surface area contributed by atoms with Gasteiger partial charge >= 0.3 is 0 Å². The van der Waals surface area contributed by atoms with E-state index in [0.717, 1.165) is 44.7 Å². The number of ether oxygens (including phenoxy) is 1.